The zero-order valence-corrected chi connectivity index (χ0v) is 51.7. The van der Waals surface area contributed by atoms with Crippen molar-refractivity contribution < 1.29 is 0 Å². The van der Waals surface area contributed by atoms with Gasteiger partial charge in [-0.2, -0.15) is 0 Å². The molecule has 0 aromatic carbocycles. The molecule has 0 bridgehead atoms. The Kier molecular flexibility index (Phi) is 52.0. The van der Waals surface area contributed by atoms with Gasteiger partial charge in [0.1, 0.15) is 0 Å². The molecule has 2 aliphatic carbocycles. The second kappa shape index (κ2) is 53.9. The maximum absolute atomic E-state index is 2.74. The van der Waals surface area contributed by atoms with Crippen LogP contribution in [-0.4, -0.2) is 0 Å². The van der Waals surface area contributed by atoms with Crippen LogP contribution in [0, 0.1) is 47.3 Å². The van der Waals surface area contributed by atoms with Crippen LogP contribution < -0.4 is 0 Å². The van der Waals surface area contributed by atoms with Gasteiger partial charge in [-0.15, -0.1) is 0 Å². The third kappa shape index (κ3) is 37.3. The number of unbranched alkanes of at least 4 members (excludes halogenated alkanes) is 35. The molecule has 0 radical (unpaired) electrons. The van der Waals surface area contributed by atoms with Crippen LogP contribution in [0.4, 0.5) is 0 Å². The molecule has 8 unspecified atom stereocenters. The topological polar surface area (TPSA) is 0 Å². The van der Waals surface area contributed by atoms with Gasteiger partial charge >= 0.3 is 0 Å². The lowest BCUT2D eigenvalue weighted by atomic mass is 9.61. The maximum Gasteiger partial charge on any atom is -0.0137 e. The standard InChI is InChI=1S/C36H72.C36H68/c2*1-5-9-13-17-19-20-22-26-30-36-34(28-24-21-18-14-10-6-2)32-31-33(27-23-15-11-7-3)35(36)29-25-16-12-8-4/h33-36H,5-32H2,1-4H3;26,30-36H,5-25,27-29H2,1-4H3/b;30-26-. The minimum Gasteiger partial charge on any atom is -0.0882 e. The Bertz CT molecular complexity index is 1100. The lowest BCUT2D eigenvalue weighted by Crippen LogP contribution is -2.35. The smallest absolute Gasteiger partial charge is 0.0137 e. The van der Waals surface area contributed by atoms with Crippen LogP contribution in [0.15, 0.2) is 24.3 Å². The molecule has 0 spiro atoms. The first-order valence-electron chi connectivity index (χ1n) is 34.9. The summed E-state index contributed by atoms with van der Waals surface area (Å²) < 4.78 is 0. The summed E-state index contributed by atoms with van der Waals surface area (Å²) in [6, 6.07) is 0. The van der Waals surface area contributed by atoms with E-state index in [0.29, 0.717) is 0 Å². The Labute approximate surface area is 458 Å². The SMILES string of the molecule is CCCCCCCC/C=C\C1C(CCCCCCCC)C=CC(CCCCCC)C1CCCCCC.CCCCCCCCCCC1C(CCCCCCCC)CCC(CCCCCC)C1CCCCCC. The van der Waals surface area contributed by atoms with Crippen LogP contribution in [0.3, 0.4) is 0 Å². The van der Waals surface area contributed by atoms with Crippen molar-refractivity contribution >= 4 is 0 Å². The van der Waals surface area contributed by atoms with Crippen molar-refractivity contribution in [1.29, 1.82) is 0 Å². The molecule has 0 nitrogen and oxygen atoms in total. The molecule has 2 aliphatic rings. The average Bonchev–Trinajstić information content (AvgIpc) is 3.39. The van der Waals surface area contributed by atoms with Gasteiger partial charge < -0.3 is 0 Å². The molecule has 1 fully saturated rings. The van der Waals surface area contributed by atoms with Crippen LogP contribution in [0.2, 0.25) is 0 Å². The van der Waals surface area contributed by atoms with E-state index in [-0.39, 0.29) is 0 Å². The van der Waals surface area contributed by atoms with Crippen molar-refractivity contribution in [3.05, 3.63) is 24.3 Å². The van der Waals surface area contributed by atoms with E-state index in [4.69, 9.17) is 0 Å². The minimum atomic E-state index is 0.792. The van der Waals surface area contributed by atoms with E-state index in [9.17, 15) is 0 Å². The van der Waals surface area contributed by atoms with Gasteiger partial charge in [-0.25, -0.2) is 0 Å². The third-order valence-corrected chi connectivity index (χ3v) is 18.7. The summed E-state index contributed by atoms with van der Waals surface area (Å²) in [7, 11) is 0. The molecule has 0 aromatic rings. The van der Waals surface area contributed by atoms with Crippen molar-refractivity contribution in [1.82, 2.24) is 0 Å². The molecule has 0 heteroatoms. The zero-order chi connectivity index (χ0) is 52.2. The number of hydrogen-bond acceptors (Lipinski definition) is 0. The van der Waals surface area contributed by atoms with Crippen molar-refractivity contribution in [2.75, 3.05) is 0 Å². The van der Waals surface area contributed by atoms with Gasteiger partial charge in [-0.1, -0.05) is 356 Å². The highest BCUT2D eigenvalue weighted by atomic mass is 14.4. The van der Waals surface area contributed by atoms with Crippen molar-refractivity contribution in [2.24, 2.45) is 47.3 Å². The highest BCUT2D eigenvalue weighted by Crippen LogP contribution is 2.48. The molecule has 0 aliphatic heterocycles. The Balaban J connectivity index is 0.000000720. The normalized spacial score (nSPS) is 22.2. The van der Waals surface area contributed by atoms with E-state index >= 15 is 0 Å². The second-order valence-corrected chi connectivity index (χ2v) is 25.1. The van der Waals surface area contributed by atoms with Crippen LogP contribution in [0.25, 0.3) is 0 Å². The van der Waals surface area contributed by atoms with E-state index < -0.39 is 0 Å². The van der Waals surface area contributed by atoms with Gasteiger partial charge in [-0.05, 0) is 105 Å². The summed E-state index contributed by atoms with van der Waals surface area (Å²) >= 11 is 0. The fraction of sp³-hybridized carbons (Fsp3) is 0.944. The average molecular weight is 1010 g/mol. The largest absolute Gasteiger partial charge is 0.0882 e. The highest BCUT2D eigenvalue weighted by Gasteiger charge is 2.38. The molecule has 428 valence electrons. The summed E-state index contributed by atoms with van der Waals surface area (Å²) in [5, 5.41) is 0. The molecule has 8 atom stereocenters. The van der Waals surface area contributed by atoms with E-state index in [2.05, 4.69) is 79.7 Å². The monoisotopic (exact) mass is 1010 g/mol. The van der Waals surface area contributed by atoms with E-state index in [1.165, 1.54) is 295 Å². The Morgan fingerprint density at radius 3 is 0.903 bits per heavy atom. The summed E-state index contributed by atoms with van der Waals surface area (Å²) in [4.78, 5) is 0. The molecule has 0 aromatic heterocycles. The maximum atomic E-state index is 2.74. The molecular formula is C72H140. The predicted molar refractivity (Wildman–Crippen MR) is 332 cm³/mol. The lowest BCUT2D eigenvalue weighted by Gasteiger charge is -2.44. The fourth-order valence-electron chi connectivity index (χ4n) is 14.0. The van der Waals surface area contributed by atoms with E-state index in [0.717, 1.165) is 47.3 Å². The molecule has 2 rings (SSSR count). The van der Waals surface area contributed by atoms with Crippen LogP contribution in [0.5, 0.6) is 0 Å². The fourth-order valence-corrected chi connectivity index (χ4v) is 14.0. The summed E-state index contributed by atoms with van der Waals surface area (Å²) in [6.07, 6.45) is 86.4. The molecule has 0 amide bonds. The Morgan fingerprint density at radius 1 is 0.264 bits per heavy atom. The highest BCUT2D eigenvalue weighted by molar-refractivity contribution is 5.10. The van der Waals surface area contributed by atoms with Crippen LogP contribution in [0.1, 0.15) is 389 Å². The van der Waals surface area contributed by atoms with Gasteiger partial charge in [0.05, 0.1) is 0 Å². The second-order valence-electron chi connectivity index (χ2n) is 25.1. The summed E-state index contributed by atoms with van der Waals surface area (Å²) in [5.41, 5.74) is 0. The molecule has 0 heterocycles. The first-order chi connectivity index (χ1) is 35.6. The first-order valence-corrected chi connectivity index (χ1v) is 34.9. The molecule has 0 N–H and O–H groups in total. The summed E-state index contributed by atoms with van der Waals surface area (Å²) in [6.45, 7) is 18.8. The number of rotatable bonds is 51. The van der Waals surface area contributed by atoms with Gasteiger partial charge in [0.15, 0.2) is 0 Å². The van der Waals surface area contributed by atoms with Gasteiger partial charge in [0.25, 0.3) is 0 Å². The number of allylic oxidation sites excluding steroid dienone is 4. The van der Waals surface area contributed by atoms with Crippen molar-refractivity contribution in [3.63, 3.8) is 0 Å². The van der Waals surface area contributed by atoms with Crippen LogP contribution in [-0.2, 0) is 0 Å². The predicted octanol–water partition coefficient (Wildman–Crippen LogP) is 26.5. The first kappa shape index (κ1) is 69.5. The van der Waals surface area contributed by atoms with Crippen LogP contribution >= 0.6 is 0 Å². The molecular weight excluding hydrogens is 865 g/mol. The minimum absolute atomic E-state index is 0.792. The van der Waals surface area contributed by atoms with E-state index in [1.807, 2.05) is 0 Å². The molecule has 0 saturated heterocycles. The Hall–Kier alpha value is -0.520. The van der Waals surface area contributed by atoms with E-state index in [1.54, 1.807) is 38.5 Å². The third-order valence-electron chi connectivity index (χ3n) is 18.7. The molecule has 72 heavy (non-hydrogen) atoms. The van der Waals surface area contributed by atoms with Gasteiger partial charge in [0, 0.05) is 0 Å². The quantitative estimate of drug-likeness (QED) is 0.0421. The van der Waals surface area contributed by atoms with Gasteiger partial charge in [-0.3, -0.25) is 0 Å². The summed E-state index contributed by atoms with van der Waals surface area (Å²) in [5.74, 6) is 7.54. The van der Waals surface area contributed by atoms with Crippen molar-refractivity contribution in [2.45, 2.75) is 389 Å². The lowest BCUT2D eigenvalue weighted by molar-refractivity contribution is 0.0581. The van der Waals surface area contributed by atoms with Gasteiger partial charge in [0.2, 0.25) is 0 Å². The number of hydrogen-bond donors (Lipinski definition) is 0. The Morgan fingerprint density at radius 2 is 0.528 bits per heavy atom. The zero-order valence-electron chi connectivity index (χ0n) is 51.7. The van der Waals surface area contributed by atoms with Crippen molar-refractivity contribution in [3.8, 4) is 0 Å². The molecule has 1 saturated carbocycles.